The number of fused-ring (bicyclic) bond motifs is 1. The molecule has 4 rings (SSSR count). The van der Waals surface area contributed by atoms with Gasteiger partial charge in [0.2, 0.25) is 0 Å². The number of nitrogens with one attached hydrogen (secondary N) is 1. The molecule has 7 nitrogen and oxygen atoms in total. The van der Waals surface area contributed by atoms with Gasteiger partial charge in [-0.2, -0.15) is 5.21 Å². The van der Waals surface area contributed by atoms with E-state index in [2.05, 4.69) is 31.4 Å². The molecule has 9 heteroatoms. The number of rotatable bonds is 7. The van der Waals surface area contributed by atoms with Gasteiger partial charge in [0.05, 0.1) is 22.7 Å². The summed E-state index contributed by atoms with van der Waals surface area (Å²) in [5.41, 5.74) is 3.79. The van der Waals surface area contributed by atoms with Crippen LogP contribution in [0.1, 0.15) is 27.3 Å². The molecule has 0 saturated heterocycles. The summed E-state index contributed by atoms with van der Waals surface area (Å²) < 4.78 is 7.03. The lowest BCUT2D eigenvalue weighted by Gasteiger charge is -2.05. The van der Waals surface area contributed by atoms with Crippen LogP contribution in [0.2, 0.25) is 10.0 Å². The maximum Gasteiger partial charge on any atom is 0.337 e. The van der Waals surface area contributed by atoms with Gasteiger partial charge in [-0.05, 0) is 54.3 Å². The third-order valence-electron chi connectivity index (χ3n) is 5.02. The molecule has 0 aliphatic carbocycles. The minimum Gasteiger partial charge on any atom is -0.465 e. The third kappa shape index (κ3) is 4.32. The average molecular weight is 444 g/mol. The number of aromatic amines is 1. The number of nitrogens with zero attached hydrogens (tertiary/aromatic N) is 4. The summed E-state index contributed by atoms with van der Waals surface area (Å²) in [5.74, 6) is 0.298. The standard InChI is InChI=1S/C21H19Cl2N5O2/c1-30-21(29)14-5-7-19-16(11-14)15(4-2-13-3-6-17(22)18(23)10-13)12-28(19)9-8-20-24-26-27-25-20/h3,5-7,10-12H,2,4,8-9H2,1H3,(H,24,25,26,27). The van der Waals surface area contributed by atoms with Crippen LogP contribution in [0, 0.1) is 0 Å². The lowest BCUT2D eigenvalue weighted by Crippen LogP contribution is -2.03. The highest BCUT2D eigenvalue weighted by atomic mass is 35.5. The van der Waals surface area contributed by atoms with Crippen LogP contribution in [-0.2, 0) is 30.5 Å². The maximum atomic E-state index is 12.0. The molecule has 0 radical (unpaired) electrons. The van der Waals surface area contributed by atoms with Gasteiger partial charge in [0, 0.05) is 30.1 Å². The number of carbonyl (C=O) groups is 1. The van der Waals surface area contributed by atoms with Crippen molar-refractivity contribution in [3.05, 3.63) is 75.2 Å². The summed E-state index contributed by atoms with van der Waals surface area (Å²) in [6, 6.07) is 11.3. The number of tetrazole rings is 1. The van der Waals surface area contributed by atoms with E-state index in [0.29, 0.717) is 34.4 Å². The first kappa shape index (κ1) is 20.4. The zero-order valence-electron chi connectivity index (χ0n) is 16.2. The Labute approximate surface area is 182 Å². The number of aromatic nitrogens is 5. The first-order chi connectivity index (χ1) is 14.5. The number of aryl methyl sites for hydroxylation is 4. The fourth-order valence-electron chi connectivity index (χ4n) is 3.48. The van der Waals surface area contributed by atoms with Crippen molar-refractivity contribution in [1.29, 1.82) is 0 Å². The molecule has 0 unspecified atom stereocenters. The van der Waals surface area contributed by atoms with E-state index >= 15 is 0 Å². The molecule has 1 N–H and O–H groups in total. The van der Waals surface area contributed by atoms with Crippen molar-refractivity contribution >= 4 is 40.1 Å². The van der Waals surface area contributed by atoms with Crippen LogP contribution < -0.4 is 0 Å². The lowest BCUT2D eigenvalue weighted by atomic mass is 10.0. The van der Waals surface area contributed by atoms with E-state index in [1.807, 2.05) is 30.3 Å². The van der Waals surface area contributed by atoms with Crippen molar-refractivity contribution in [1.82, 2.24) is 25.2 Å². The summed E-state index contributed by atoms with van der Waals surface area (Å²) >= 11 is 12.2. The van der Waals surface area contributed by atoms with E-state index in [-0.39, 0.29) is 5.97 Å². The number of ether oxygens (including phenoxy) is 1. The SMILES string of the molecule is COC(=O)c1ccc2c(c1)c(CCc1ccc(Cl)c(Cl)c1)cn2CCc1nn[nH]n1. The van der Waals surface area contributed by atoms with Gasteiger partial charge in [-0.15, -0.1) is 10.2 Å². The summed E-state index contributed by atoms with van der Waals surface area (Å²) in [7, 11) is 1.38. The molecular weight excluding hydrogens is 425 g/mol. The van der Waals surface area contributed by atoms with Crippen LogP contribution in [0.5, 0.6) is 0 Å². The highest BCUT2D eigenvalue weighted by Crippen LogP contribution is 2.27. The third-order valence-corrected chi connectivity index (χ3v) is 5.76. The van der Waals surface area contributed by atoms with Crippen molar-refractivity contribution in [3.63, 3.8) is 0 Å². The molecular formula is C21H19Cl2N5O2. The molecule has 0 saturated carbocycles. The Hall–Kier alpha value is -2.90. The average Bonchev–Trinajstić information content (AvgIpc) is 3.40. The molecule has 0 spiro atoms. The van der Waals surface area contributed by atoms with Crippen molar-refractivity contribution < 1.29 is 9.53 Å². The number of benzene rings is 2. The van der Waals surface area contributed by atoms with E-state index in [1.165, 1.54) is 7.11 Å². The van der Waals surface area contributed by atoms with Crippen LogP contribution in [0.3, 0.4) is 0 Å². The van der Waals surface area contributed by atoms with Gasteiger partial charge >= 0.3 is 5.97 Å². The highest BCUT2D eigenvalue weighted by Gasteiger charge is 2.14. The zero-order valence-corrected chi connectivity index (χ0v) is 17.7. The van der Waals surface area contributed by atoms with E-state index in [1.54, 1.807) is 6.07 Å². The Kier molecular flexibility index (Phi) is 6.01. The van der Waals surface area contributed by atoms with Gasteiger partial charge < -0.3 is 9.30 Å². The fraction of sp³-hybridized carbons (Fsp3) is 0.238. The van der Waals surface area contributed by atoms with E-state index < -0.39 is 0 Å². The number of hydrogen-bond donors (Lipinski definition) is 1. The predicted molar refractivity (Wildman–Crippen MR) is 115 cm³/mol. The van der Waals surface area contributed by atoms with Crippen molar-refractivity contribution in [2.75, 3.05) is 7.11 Å². The second kappa shape index (κ2) is 8.85. The Morgan fingerprint density at radius 2 is 1.97 bits per heavy atom. The number of H-pyrrole nitrogens is 1. The molecule has 154 valence electrons. The van der Waals surface area contributed by atoms with Gasteiger partial charge in [-0.25, -0.2) is 4.79 Å². The Bertz CT molecular complexity index is 1190. The van der Waals surface area contributed by atoms with Crippen LogP contribution >= 0.6 is 23.2 Å². The topological polar surface area (TPSA) is 85.7 Å². The molecule has 30 heavy (non-hydrogen) atoms. The second-order valence-electron chi connectivity index (χ2n) is 6.90. The van der Waals surface area contributed by atoms with Crippen LogP contribution in [0.4, 0.5) is 0 Å². The molecule has 0 bridgehead atoms. The largest absolute Gasteiger partial charge is 0.465 e. The molecule has 0 fully saturated rings. The second-order valence-corrected chi connectivity index (χ2v) is 7.71. The van der Waals surface area contributed by atoms with Gasteiger partial charge in [0.1, 0.15) is 0 Å². The maximum absolute atomic E-state index is 12.0. The van der Waals surface area contributed by atoms with Crippen LogP contribution in [-0.4, -0.2) is 38.3 Å². The molecule has 0 atom stereocenters. The fourth-order valence-corrected chi connectivity index (χ4v) is 3.80. The van der Waals surface area contributed by atoms with Gasteiger partial charge in [-0.3, -0.25) is 0 Å². The van der Waals surface area contributed by atoms with Crippen molar-refractivity contribution in [2.24, 2.45) is 0 Å². The Morgan fingerprint density at radius 1 is 1.10 bits per heavy atom. The van der Waals surface area contributed by atoms with E-state index in [0.717, 1.165) is 34.9 Å². The molecule has 4 aromatic rings. The smallest absolute Gasteiger partial charge is 0.337 e. The summed E-state index contributed by atoms with van der Waals surface area (Å²) in [4.78, 5) is 12.0. The minimum absolute atomic E-state index is 0.355. The summed E-state index contributed by atoms with van der Waals surface area (Å²) in [6.45, 7) is 0.695. The van der Waals surface area contributed by atoms with Crippen molar-refractivity contribution in [3.8, 4) is 0 Å². The first-order valence-electron chi connectivity index (χ1n) is 9.41. The minimum atomic E-state index is -0.355. The number of hydrogen-bond acceptors (Lipinski definition) is 5. The predicted octanol–water partition coefficient (Wildman–Crippen LogP) is 4.28. The lowest BCUT2D eigenvalue weighted by molar-refractivity contribution is 0.0601. The van der Waals surface area contributed by atoms with Gasteiger partial charge in [-0.1, -0.05) is 34.5 Å². The highest BCUT2D eigenvalue weighted by molar-refractivity contribution is 6.42. The molecule has 2 heterocycles. The number of carbonyl (C=O) groups excluding carboxylic acids is 1. The molecule has 2 aromatic carbocycles. The quantitative estimate of drug-likeness (QED) is 0.430. The van der Waals surface area contributed by atoms with Crippen LogP contribution in [0.25, 0.3) is 10.9 Å². The molecule has 2 aromatic heterocycles. The van der Waals surface area contributed by atoms with Gasteiger partial charge in [0.25, 0.3) is 0 Å². The van der Waals surface area contributed by atoms with E-state index in [9.17, 15) is 4.79 Å². The number of esters is 1. The Balaban J connectivity index is 1.64. The van der Waals surface area contributed by atoms with Gasteiger partial charge in [0.15, 0.2) is 5.82 Å². The first-order valence-corrected chi connectivity index (χ1v) is 10.2. The van der Waals surface area contributed by atoms with Crippen LogP contribution in [0.15, 0.2) is 42.6 Å². The number of methoxy groups -OCH3 is 1. The number of halogens is 2. The molecule has 0 amide bonds. The van der Waals surface area contributed by atoms with Crippen molar-refractivity contribution in [2.45, 2.75) is 25.8 Å². The zero-order chi connectivity index (χ0) is 21.1. The molecule has 0 aliphatic heterocycles. The van der Waals surface area contributed by atoms with E-state index in [4.69, 9.17) is 27.9 Å². The normalized spacial score (nSPS) is 11.2. The Morgan fingerprint density at radius 3 is 2.70 bits per heavy atom. The summed E-state index contributed by atoms with van der Waals surface area (Å²) in [5, 5.41) is 16.2. The monoisotopic (exact) mass is 443 g/mol. The molecule has 0 aliphatic rings. The summed E-state index contributed by atoms with van der Waals surface area (Å²) in [6.07, 6.45) is 4.34.